The van der Waals surface area contributed by atoms with E-state index in [9.17, 15) is 9.18 Å². The summed E-state index contributed by atoms with van der Waals surface area (Å²) >= 11 is 0. The zero-order chi connectivity index (χ0) is 13.5. The quantitative estimate of drug-likeness (QED) is 0.723. The van der Waals surface area contributed by atoms with E-state index in [1.807, 2.05) is 6.92 Å². The number of carbonyl (C=O) groups is 1. The van der Waals surface area contributed by atoms with Crippen LogP contribution in [0, 0.1) is 11.7 Å². The number of primary amides is 1. The summed E-state index contributed by atoms with van der Waals surface area (Å²) in [6.07, 6.45) is -0.433. The first-order valence-electron chi connectivity index (χ1n) is 5.93. The molecule has 2 atom stereocenters. The topological polar surface area (TPSA) is 64.3 Å². The Kier molecular flexibility index (Phi) is 5.74. The van der Waals surface area contributed by atoms with Gasteiger partial charge in [-0.2, -0.15) is 0 Å². The summed E-state index contributed by atoms with van der Waals surface area (Å²) in [5.41, 5.74) is 6.09. The molecule has 100 valence electrons. The lowest BCUT2D eigenvalue weighted by molar-refractivity contribution is -0.128. The highest BCUT2D eigenvalue weighted by molar-refractivity contribution is 5.76. The first-order chi connectivity index (χ1) is 8.54. The molecule has 1 rings (SSSR count). The third-order valence-corrected chi connectivity index (χ3v) is 2.65. The second-order valence-electron chi connectivity index (χ2n) is 4.11. The van der Waals surface area contributed by atoms with E-state index in [1.54, 1.807) is 19.1 Å². The molecule has 0 spiro atoms. The molecule has 0 saturated carbocycles. The van der Waals surface area contributed by atoms with Gasteiger partial charge in [0.15, 0.2) is 0 Å². The number of nitrogens with two attached hydrogens (primary N) is 1. The van der Waals surface area contributed by atoms with Crippen molar-refractivity contribution in [1.82, 2.24) is 5.32 Å². The van der Waals surface area contributed by atoms with Gasteiger partial charge in [0.2, 0.25) is 5.91 Å². The average Bonchev–Trinajstić information content (AvgIpc) is 2.35. The summed E-state index contributed by atoms with van der Waals surface area (Å²) in [4.78, 5) is 11.1. The SMILES string of the molecule is CCN[C@H](OCc1ccc(F)cc1)[C@@H](C)C(N)=O. The molecule has 0 fully saturated rings. The highest BCUT2D eigenvalue weighted by Crippen LogP contribution is 2.09. The number of benzene rings is 1. The molecule has 1 aromatic rings. The minimum atomic E-state index is -0.433. The van der Waals surface area contributed by atoms with Crippen molar-refractivity contribution < 1.29 is 13.9 Å². The van der Waals surface area contributed by atoms with Crippen LogP contribution >= 0.6 is 0 Å². The number of nitrogens with one attached hydrogen (secondary N) is 1. The van der Waals surface area contributed by atoms with E-state index in [4.69, 9.17) is 10.5 Å². The van der Waals surface area contributed by atoms with Gasteiger partial charge in [-0.3, -0.25) is 10.1 Å². The Morgan fingerprint density at radius 1 is 1.44 bits per heavy atom. The van der Waals surface area contributed by atoms with E-state index in [-0.39, 0.29) is 5.82 Å². The third-order valence-electron chi connectivity index (χ3n) is 2.65. The van der Waals surface area contributed by atoms with Crippen LogP contribution < -0.4 is 11.1 Å². The monoisotopic (exact) mass is 254 g/mol. The molecular formula is C13H19FN2O2. The minimum absolute atomic E-state index is 0.285. The predicted molar refractivity (Wildman–Crippen MR) is 67.0 cm³/mol. The van der Waals surface area contributed by atoms with Crippen LogP contribution in [0.25, 0.3) is 0 Å². The van der Waals surface area contributed by atoms with Crippen LogP contribution in [0.3, 0.4) is 0 Å². The Hall–Kier alpha value is -1.46. The van der Waals surface area contributed by atoms with Crippen LogP contribution in [-0.4, -0.2) is 18.7 Å². The van der Waals surface area contributed by atoms with Gasteiger partial charge in [0.05, 0.1) is 12.5 Å². The first-order valence-corrected chi connectivity index (χ1v) is 5.93. The maximum absolute atomic E-state index is 12.7. The van der Waals surface area contributed by atoms with E-state index >= 15 is 0 Å². The van der Waals surface area contributed by atoms with Crippen LogP contribution in [0.15, 0.2) is 24.3 Å². The molecule has 0 aliphatic rings. The lowest BCUT2D eigenvalue weighted by atomic mass is 10.1. The highest BCUT2D eigenvalue weighted by Gasteiger charge is 2.21. The average molecular weight is 254 g/mol. The van der Waals surface area contributed by atoms with Gasteiger partial charge in [-0.15, -0.1) is 0 Å². The van der Waals surface area contributed by atoms with Crippen molar-refractivity contribution in [1.29, 1.82) is 0 Å². The molecule has 1 aromatic carbocycles. The third kappa shape index (κ3) is 4.43. The molecule has 0 unspecified atom stereocenters. The van der Waals surface area contributed by atoms with E-state index in [0.29, 0.717) is 13.2 Å². The van der Waals surface area contributed by atoms with Crippen molar-refractivity contribution in [3.8, 4) is 0 Å². The normalized spacial score (nSPS) is 14.2. The van der Waals surface area contributed by atoms with Crippen molar-refractivity contribution in [2.24, 2.45) is 11.7 Å². The second-order valence-corrected chi connectivity index (χ2v) is 4.11. The van der Waals surface area contributed by atoms with Gasteiger partial charge in [0.25, 0.3) is 0 Å². The number of amides is 1. The van der Waals surface area contributed by atoms with Gasteiger partial charge in [0.1, 0.15) is 12.0 Å². The summed E-state index contributed by atoms with van der Waals surface area (Å²) in [7, 11) is 0. The van der Waals surface area contributed by atoms with E-state index in [1.165, 1.54) is 12.1 Å². The standard InChI is InChI=1S/C13H19FN2O2/c1-3-16-13(9(2)12(15)17)18-8-10-4-6-11(14)7-5-10/h4-7,9,13,16H,3,8H2,1-2H3,(H2,15,17)/t9-,13+/m0/s1. The fourth-order valence-corrected chi connectivity index (χ4v) is 1.50. The second kappa shape index (κ2) is 7.08. The lowest BCUT2D eigenvalue weighted by Gasteiger charge is -2.22. The predicted octanol–water partition coefficient (Wildman–Crippen LogP) is 1.40. The van der Waals surface area contributed by atoms with E-state index in [0.717, 1.165) is 5.56 Å². The van der Waals surface area contributed by atoms with E-state index in [2.05, 4.69) is 5.32 Å². The number of hydrogen-bond donors (Lipinski definition) is 2. The van der Waals surface area contributed by atoms with Crippen LogP contribution in [-0.2, 0) is 16.1 Å². The Bertz CT molecular complexity index is 381. The van der Waals surface area contributed by atoms with Gasteiger partial charge in [0, 0.05) is 0 Å². The summed E-state index contributed by atoms with van der Waals surface area (Å²) in [6.45, 7) is 4.60. The summed E-state index contributed by atoms with van der Waals surface area (Å²) < 4.78 is 18.3. The molecule has 5 heteroatoms. The molecule has 1 amide bonds. The molecule has 0 aromatic heterocycles. The number of halogens is 1. The number of hydrogen-bond acceptors (Lipinski definition) is 3. The van der Waals surface area contributed by atoms with Gasteiger partial charge in [-0.05, 0) is 31.2 Å². The van der Waals surface area contributed by atoms with Crippen molar-refractivity contribution in [2.75, 3.05) is 6.54 Å². The van der Waals surface area contributed by atoms with Crippen molar-refractivity contribution >= 4 is 5.91 Å². The number of ether oxygens (including phenoxy) is 1. The molecule has 3 N–H and O–H groups in total. The van der Waals surface area contributed by atoms with Gasteiger partial charge in [-0.25, -0.2) is 4.39 Å². The fraction of sp³-hybridized carbons (Fsp3) is 0.462. The molecule has 0 heterocycles. The Balaban J connectivity index is 2.56. The summed E-state index contributed by atoms with van der Waals surface area (Å²) in [5, 5.41) is 3.05. The van der Waals surface area contributed by atoms with E-state index < -0.39 is 18.1 Å². The number of carbonyl (C=O) groups excluding carboxylic acids is 1. The molecular weight excluding hydrogens is 235 g/mol. The zero-order valence-electron chi connectivity index (χ0n) is 10.7. The van der Waals surface area contributed by atoms with Crippen molar-refractivity contribution in [3.05, 3.63) is 35.6 Å². The largest absolute Gasteiger partial charge is 0.369 e. The van der Waals surface area contributed by atoms with Gasteiger partial charge < -0.3 is 10.5 Å². The van der Waals surface area contributed by atoms with Gasteiger partial charge >= 0.3 is 0 Å². The molecule has 4 nitrogen and oxygen atoms in total. The summed E-state index contributed by atoms with van der Waals surface area (Å²) in [5.74, 6) is -1.13. The van der Waals surface area contributed by atoms with Crippen LogP contribution in [0.1, 0.15) is 19.4 Å². The highest BCUT2D eigenvalue weighted by atomic mass is 19.1. The fourth-order valence-electron chi connectivity index (χ4n) is 1.50. The molecule has 18 heavy (non-hydrogen) atoms. The molecule has 0 radical (unpaired) electrons. The minimum Gasteiger partial charge on any atom is -0.369 e. The van der Waals surface area contributed by atoms with Crippen molar-refractivity contribution in [2.45, 2.75) is 26.7 Å². The Morgan fingerprint density at radius 2 is 2.06 bits per heavy atom. The smallest absolute Gasteiger partial charge is 0.224 e. The lowest BCUT2D eigenvalue weighted by Crippen LogP contribution is -2.43. The van der Waals surface area contributed by atoms with Crippen LogP contribution in [0.4, 0.5) is 4.39 Å². The number of rotatable bonds is 7. The first kappa shape index (κ1) is 14.6. The maximum Gasteiger partial charge on any atom is 0.224 e. The molecule has 0 aliphatic heterocycles. The van der Waals surface area contributed by atoms with Gasteiger partial charge in [-0.1, -0.05) is 19.1 Å². The molecule has 0 aliphatic carbocycles. The maximum atomic E-state index is 12.7. The van der Waals surface area contributed by atoms with Crippen LogP contribution in [0.2, 0.25) is 0 Å². The Labute approximate surface area is 106 Å². The molecule has 0 bridgehead atoms. The zero-order valence-corrected chi connectivity index (χ0v) is 10.7. The van der Waals surface area contributed by atoms with Crippen molar-refractivity contribution in [3.63, 3.8) is 0 Å². The molecule has 0 saturated heterocycles. The Morgan fingerprint density at radius 3 is 2.56 bits per heavy atom. The summed E-state index contributed by atoms with van der Waals surface area (Å²) in [6, 6.07) is 6.04. The van der Waals surface area contributed by atoms with Crippen LogP contribution in [0.5, 0.6) is 0 Å².